The van der Waals surface area contributed by atoms with Crippen LogP contribution in [0.15, 0.2) is 48.5 Å². The first-order chi connectivity index (χ1) is 14.9. The van der Waals surface area contributed by atoms with Gasteiger partial charge in [0.05, 0.1) is 24.7 Å². The van der Waals surface area contributed by atoms with Crippen molar-refractivity contribution >= 4 is 11.8 Å². The zero-order valence-corrected chi connectivity index (χ0v) is 17.8. The quantitative estimate of drug-likeness (QED) is 0.742. The van der Waals surface area contributed by atoms with E-state index in [1.807, 2.05) is 30.9 Å². The molecule has 0 saturated carbocycles. The predicted octanol–water partition coefficient (Wildman–Crippen LogP) is 2.70. The summed E-state index contributed by atoms with van der Waals surface area (Å²) in [7, 11) is 0. The number of ether oxygens (including phenoxy) is 2. The third-order valence-electron chi connectivity index (χ3n) is 4.97. The lowest BCUT2D eigenvalue weighted by atomic mass is 10.1. The van der Waals surface area contributed by atoms with Crippen molar-refractivity contribution < 1.29 is 19.1 Å². The molecule has 1 aliphatic rings. The average molecular weight is 421 g/mol. The van der Waals surface area contributed by atoms with Gasteiger partial charge in [-0.25, -0.2) is 0 Å². The molecule has 1 aliphatic heterocycles. The Bertz CT molecular complexity index is 925. The molecule has 2 atom stereocenters. The molecule has 2 amide bonds. The summed E-state index contributed by atoms with van der Waals surface area (Å²) in [6, 6.07) is 16.4. The van der Waals surface area contributed by atoms with Crippen molar-refractivity contribution in [3.05, 3.63) is 65.2 Å². The molecule has 7 heteroatoms. The maximum Gasteiger partial charge on any atom is 0.258 e. The summed E-state index contributed by atoms with van der Waals surface area (Å²) >= 11 is 0. The van der Waals surface area contributed by atoms with Crippen LogP contribution in [0.3, 0.4) is 0 Å². The Morgan fingerprint density at radius 3 is 2.29 bits per heavy atom. The Morgan fingerprint density at radius 2 is 1.68 bits per heavy atom. The summed E-state index contributed by atoms with van der Waals surface area (Å²) in [5.41, 5.74) is 2.42. The van der Waals surface area contributed by atoms with E-state index in [0.717, 1.165) is 11.1 Å². The second-order valence-electron chi connectivity index (χ2n) is 7.71. The summed E-state index contributed by atoms with van der Waals surface area (Å²) in [6.45, 7) is 5.36. The number of hydrogen-bond donors (Lipinski definition) is 1. The van der Waals surface area contributed by atoms with Gasteiger partial charge >= 0.3 is 0 Å². The summed E-state index contributed by atoms with van der Waals surface area (Å²) in [4.78, 5) is 26.6. The Kier molecular flexibility index (Phi) is 7.63. The lowest BCUT2D eigenvalue weighted by Gasteiger charge is -2.35. The van der Waals surface area contributed by atoms with Crippen LogP contribution in [-0.4, -0.2) is 48.6 Å². The topological polar surface area (TPSA) is 91.7 Å². The van der Waals surface area contributed by atoms with E-state index in [2.05, 4.69) is 11.4 Å². The molecule has 2 aromatic rings. The highest BCUT2D eigenvalue weighted by Crippen LogP contribution is 2.15. The summed E-state index contributed by atoms with van der Waals surface area (Å²) in [5.74, 6) is 0.329. The molecule has 0 aromatic heterocycles. The van der Waals surface area contributed by atoms with Gasteiger partial charge in [0, 0.05) is 25.2 Å². The lowest BCUT2D eigenvalue weighted by Crippen LogP contribution is -2.48. The molecule has 0 aliphatic carbocycles. The Hall–Kier alpha value is -3.37. The number of carbonyl (C=O) groups excluding carboxylic acids is 2. The number of amides is 2. The van der Waals surface area contributed by atoms with Crippen LogP contribution in [0.2, 0.25) is 0 Å². The van der Waals surface area contributed by atoms with Gasteiger partial charge in [-0.15, -0.1) is 0 Å². The SMILES string of the molecule is CC1CN(C(=O)c2ccc(CNC(=O)COc3ccc(CC#N)cc3)cc2)CC(C)O1. The normalized spacial score (nSPS) is 18.2. The minimum absolute atomic E-state index is 0.00762. The molecular formula is C24H27N3O4. The predicted molar refractivity (Wildman–Crippen MR) is 115 cm³/mol. The molecule has 31 heavy (non-hydrogen) atoms. The lowest BCUT2D eigenvalue weighted by molar-refractivity contribution is -0.123. The summed E-state index contributed by atoms with van der Waals surface area (Å²) in [6.07, 6.45) is 0.398. The number of nitriles is 1. The number of benzene rings is 2. The molecule has 7 nitrogen and oxygen atoms in total. The third kappa shape index (κ3) is 6.56. The van der Waals surface area contributed by atoms with Crippen LogP contribution in [0.25, 0.3) is 0 Å². The van der Waals surface area contributed by atoms with Crippen molar-refractivity contribution in [1.29, 1.82) is 5.26 Å². The number of nitrogens with one attached hydrogen (secondary N) is 1. The Balaban J connectivity index is 1.44. The van der Waals surface area contributed by atoms with E-state index in [1.165, 1.54) is 0 Å². The largest absolute Gasteiger partial charge is 0.484 e. The minimum Gasteiger partial charge on any atom is -0.484 e. The van der Waals surface area contributed by atoms with Crippen LogP contribution in [0.5, 0.6) is 5.75 Å². The van der Waals surface area contributed by atoms with Gasteiger partial charge < -0.3 is 19.7 Å². The van der Waals surface area contributed by atoms with Crippen molar-refractivity contribution in [1.82, 2.24) is 10.2 Å². The highest BCUT2D eigenvalue weighted by Gasteiger charge is 2.26. The van der Waals surface area contributed by atoms with Crippen LogP contribution >= 0.6 is 0 Å². The van der Waals surface area contributed by atoms with E-state index in [9.17, 15) is 9.59 Å². The van der Waals surface area contributed by atoms with Crippen LogP contribution in [0, 0.1) is 11.3 Å². The van der Waals surface area contributed by atoms with Crippen molar-refractivity contribution in [2.45, 2.75) is 39.0 Å². The molecule has 1 saturated heterocycles. The van der Waals surface area contributed by atoms with Crippen LogP contribution in [0.4, 0.5) is 0 Å². The number of rotatable bonds is 7. The summed E-state index contributed by atoms with van der Waals surface area (Å²) in [5, 5.41) is 11.5. The Morgan fingerprint density at radius 1 is 1.06 bits per heavy atom. The van der Waals surface area contributed by atoms with E-state index < -0.39 is 0 Å². The highest BCUT2D eigenvalue weighted by atomic mass is 16.5. The van der Waals surface area contributed by atoms with Gasteiger partial charge in [-0.05, 0) is 49.2 Å². The van der Waals surface area contributed by atoms with Gasteiger partial charge in [-0.1, -0.05) is 24.3 Å². The first-order valence-corrected chi connectivity index (χ1v) is 10.3. The van der Waals surface area contributed by atoms with Crippen molar-refractivity contribution in [2.75, 3.05) is 19.7 Å². The molecule has 0 spiro atoms. The van der Waals surface area contributed by atoms with Gasteiger partial charge in [-0.2, -0.15) is 5.26 Å². The molecule has 1 fully saturated rings. The average Bonchev–Trinajstić information content (AvgIpc) is 2.76. The smallest absolute Gasteiger partial charge is 0.258 e. The molecule has 2 unspecified atom stereocenters. The summed E-state index contributed by atoms with van der Waals surface area (Å²) < 4.78 is 11.2. The van der Waals surface area contributed by atoms with Gasteiger partial charge in [0.25, 0.3) is 11.8 Å². The van der Waals surface area contributed by atoms with E-state index in [4.69, 9.17) is 14.7 Å². The first-order valence-electron chi connectivity index (χ1n) is 10.3. The number of morpholine rings is 1. The second-order valence-corrected chi connectivity index (χ2v) is 7.71. The van der Waals surface area contributed by atoms with E-state index in [1.54, 1.807) is 36.4 Å². The molecular weight excluding hydrogens is 394 g/mol. The van der Waals surface area contributed by atoms with Crippen molar-refractivity contribution in [2.24, 2.45) is 0 Å². The zero-order chi connectivity index (χ0) is 22.2. The third-order valence-corrected chi connectivity index (χ3v) is 4.97. The number of hydrogen-bond acceptors (Lipinski definition) is 5. The molecule has 1 heterocycles. The first kappa shape index (κ1) is 22.3. The molecule has 2 aromatic carbocycles. The molecule has 0 radical (unpaired) electrons. The molecule has 3 rings (SSSR count). The monoisotopic (exact) mass is 421 g/mol. The van der Waals surface area contributed by atoms with Gasteiger partial charge in [-0.3, -0.25) is 9.59 Å². The van der Waals surface area contributed by atoms with E-state index >= 15 is 0 Å². The van der Waals surface area contributed by atoms with Crippen LogP contribution < -0.4 is 10.1 Å². The van der Waals surface area contributed by atoms with Gasteiger partial charge in [0.1, 0.15) is 5.75 Å². The van der Waals surface area contributed by atoms with Gasteiger partial charge in [0.15, 0.2) is 6.61 Å². The minimum atomic E-state index is -0.238. The Labute approximate surface area is 182 Å². The number of nitrogens with zero attached hydrogens (tertiary/aromatic N) is 2. The maximum atomic E-state index is 12.7. The maximum absolute atomic E-state index is 12.7. The van der Waals surface area contributed by atoms with Gasteiger partial charge in [0.2, 0.25) is 0 Å². The fourth-order valence-corrected chi connectivity index (χ4v) is 3.49. The van der Waals surface area contributed by atoms with Crippen molar-refractivity contribution in [3.63, 3.8) is 0 Å². The second kappa shape index (κ2) is 10.6. The van der Waals surface area contributed by atoms with Crippen LogP contribution in [0.1, 0.15) is 35.3 Å². The van der Waals surface area contributed by atoms with Crippen molar-refractivity contribution in [3.8, 4) is 11.8 Å². The molecule has 162 valence electrons. The standard InChI is InChI=1S/C24H27N3O4/c1-17-14-27(15-18(2)31-17)24(29)21-7-3-20(4-8-21)13-26-23(28)16-30-22-9-5-19(6-10-22)11-12-25/h3-10,17-18H,11,13-16H2,1-2H3,(H,26,28). The highest BCUT2D eigenvalue weighted by molar-refractivity contribution is 5.94. The molecule has 0 bridgehead atoms. The van der Waals surface area contributed by atoms with Crippen LogP contribution in [-0.2, 0) is 22.5 Å². The number of carbonyl (C=O) groups is 2. The molecule has 1 N–H and O–H groups in total. The fourth-order valence-electron chi connectivity index (χ4n) is 3.49. The van der Waals surface area contributed by atoms with E-state index in [0.29, 0.717) is 37.4 Å². The fraction of sp³-hybridized carbons (Fsp3) is 0.375. The zero-order valence-electron chi connectivity index (χ0n) is 17.8. The van der Waals surface area contributed by atoms with E-state index in [-0.39, 0.29) is 30.6 Å².